The van der Waals surface area contributed by atoms with Gasteiger partial charge in [0.15, 0.2) is 12.4 Å². The molecule has 44 heavy (non-hydrogen) atoms. The maximum Gasteiger partial charge on any atom is 0.314 e. The van der Waals surface area contributed by atoms with Gasteiger partial charge in [0, 0.05) is 0 Å². The zero-order valence-electron chi connectivity index (χ0n) is 25.5. The largest absolute Gasteiger partial charge is 0.432 e. The Bertz CT molecular complexity index is 1080. The van der Waals surface area contributed by atoms with Crippen LogP contribution in [0.15, 0.2) is 0 Å². The van der Waals surface area contributed by atoms with Crippen molar-refractivity contribution in [2.75, 3.05) is 19.8 Å². The van der Waals surface area contributed by atoms with Gasteiger partial charge in [-0.1, -0.05) is 13.3 Å². The maximum absolute atomic E-state index is 14.2. The molecular formula is C31H50O13. The molecule has 0 radical (unpaired) electrons. The monoisotopic (exact) mass is 630 g/mol. The Kier molecular flexibility index (Phi) is 8.70. The van der Waals surface area contributed by atoms with Crippen LogP contribution >= 0.6 is 0 Å². The van der Waals surface area contributed by atoms with Crippen LogP contribution in [0.2, 0.25) is 0 Å². The van der Waals surface area contributed by atoms with E-state index in [4.69, 9.17) is 18.9 Å². The Hall–Kier alpha value is -0.970. The van der Waals surface area contributed by atoms with Gasteiger partial charge in [-0.3, -0.25) is 4.79 Å². The fraction of sp³-hybridized carbons (Fsp3) is 0.968. The molecule has 13 nitrogen and oxygen atoms in total. The molecule has 2 bridgehead atoms. The second kappa shape index (κ2) is 11.6. The van der Waals surface area contributed by atoms with E-state index in [1.807, 2.05) is 6.92 Å². The predicted octanol–water partition coefficient (Wildman–Crippen LogP) is -1.07. The number of esters is 1. The molecule has 0 aromatic carbocycles. The highest BCUT2D eigenvalue weighted by molar-refractivity contribution is 5.77. The zero-order valence-corrected chi connectivity index (χ0v) is 25.5. The van der Waals surface area contributed by atoms with E-state index in [0.717, 1.165) is 44.9 Å². The first kappa shape index (κ1) is 33.0. The van der Waals surface area contributed by atoms with E-state index < -0.39 is 78.9 Å². The van der Waals surface area contributed by atoms with E-state index in [2.05, 4.69) is 6.92 Å². The average molecular weight is 631 g/mol. The number of ether oxygens (including phenoxy) is 4. The number of hydrogen-bond acceptors (Lipinski definition) is 13. The smallest absolute Gasteiger partial charge is 0.314 e. The minimum absolute atomic E-state index is 0.0431. The summed E-state index contributed by atoms with van der Waals surface area (Å²) in [5, 5.41) is 83.0. The van der Waals surface area contributed by atoms with Gasteiger partial charge in [-0.25, -0.2) is 0 Å². The van der Waals surface area contributed by atoms with Gasteiger partial charge in [0.25, 0.3) is 0 Å². The molecule has 16 atom stereocenters. The van der Waals surface area contributed by atoms with Crippen molar-refractivity contribution in [1.29, 1.82) is 0 Å². The molecule has 1 spiro atoms. The van der Waals surface area contributed by atoms with Crippen molar-refractivity contribution in [3.8, 4) is 0 Å². The summed E-state index contributed by atoms with van der Waals surface area (Å²) in [4.78, 5) is 14.2. The molecule has 8 N–H and O–H groups in total. The Morgan fingerprint density at radius 2 is 1.64 bits per heavy atom. The molecule has 2 saturated heterocycles. The second-order valence-electron chi connectivity index (χ2n) is 15.2. The minimum atomic E-state index is -1.71. The van der Waals surface area contributed by atoms with Gasteiger partial charge in [-0.05, 0) is 86.9 Å². The quantitative estimate of drug-likeness (QED) is 0.164. The average Bonchev–Trinajstić information content (AvgIpc) is 3.20. The van der Waals surface area contributed by atoms with Crippen LogP contribution in [0.4, 0.5) is 0 Å². The fourth-order valence-electron chi connectivity index (χ4n) is 10.6. The zero-order chi connectivity index (χ0) is 31.8. The van der Waals surface area contributed by atoms with E-state index in [1.54, 1.807) is 0 Å². The van der Waals surface area contributed by atoms with Crippen LogP contribution in [0.3, 0.4) is 0 Å². The lowest BCUT2D eigenvalue weighted by molar-refractivity contribution is -0.352. The Labute approximate surface area is 257 Å². The highest BCUT2D eigenvalue weighted by Crippen LogP contribution is 2.73. The topological polar surface area (TPSA) is 216 Å². The lowest BCUT2D eigenvalue weighted by Crippen LogP contribution is -2.64. The number of fused-ring (bicyclic) bond motifs is 3. The highest BCUT2D eigenvalue weighted by atomic mass is 16.8. The minimum Gasteiger partial charge on any atom is -0.432 e. The van der Waals surface area contributed by atoms with Gasteiger partial charge in [0.2, 0.25) is 6.29 Å². The number of aliphatic hydroxyl groups excluding tert-OH is 7. The molecule has 6 aliphatic rings. The Morgan fingerprint density at radius 3 is 2.34 bits per heavy atom. The van der Waals surface area contributed by atoms with Crippen molar-refractivity contribution in [3.63, 3.8) is 0 Å². The molecule has 6 fully saturated rings. The maximum atomic E-state index is 14.2. The van der Waals surface area contributed by atoms with Crippen molar-refractivity contribution in [3.05, 3.63) is 0 Å². The summed E-state index contributed by atoms with van der Waals surface area (Å²) in [6.45, 7) is 2.89. The number of carbonyl (C=O) groups excluding carboxylic acids is 1. The van der Waals surface area contributed by atoms with E-state index in [9.17, 15) is 45.6 Å². The Morgan fingerprint density at radius 1 is 0.886 bits per heavy atom. The number of carbonyl (C=O) groups is 1. The summed E-state index contributed by atoms with van der Waals surface area (Å²) in [7, 11) is 0. The molecule has 4 aliphatic carbocycles. The molecule has 0 aromatic heterocycles. The van der Waals surface area contributed by atoms with E-state index in [0.29, 0.717) is 12.8 Å². The van der Waals surface area contributed by atoms with Crippen LogP contribution in [-0.2, 0) is 23.7 Å². The highest BCUT2D eigenvalue weighted by Gasteiger charge is 2.68. The molecule has 252 valence electrons. The fourth-order valence-corrected chi connectivity index (χ4v) is 10.6. The lowest BCUT2D eigenvalue weighted by atomic mass is 9.41. The lowest BCUT2D eigenvalue weighted by Gasteiger charge is -2.63. The van der Waals surface area contributed by atoms with Crippen molar-refractivity contribution < 1.29 is 64.6 Å². The van der Waals surface area contributed by atoms with Crippen molar-refractivity contribution in [2.45, 2.75) is 133 Å². The molecule has 6 rings (SSSR count). The van der Waals surface area contributed by atoms with Crippen LogP contribution < -0.4 is 0 Å². The molecule has 2 heterocycles. The van der Waals surface area contributed by atoms with Crippen LogP contribution in [0.5, 0.6) is 0 Å². The van der Waals surface area contributed by atoms with Gasteiger partial charge in [-0.15, -0.1) is 0 Å². The summed E-state index contributed by atoms with van der Waals surface area (Å²) in [5.41, 5.74) is -2.27. The summed E-state index contributed by atoms with van der Waals surface area (Å²) >= 11 is 0. The standard InChI is InChI=1S/C31H50O13/c1-28-7-3-8-29(2,18(28)6-9-30-10-15(4-5-19(28)30)31(40,13-30)14-33)27(39)44-26-24(22(37)21(36)17(11-32)42-26)43-25-23(38)20(35)16(34)12-41-25/h15-26,32-38,40H,3-14H2,1-2H3. The number of aliphatic hydroxyl groups is 8. The van der Waals surface area contributed by atoms with Gasteiger partial charge >= 0.3 is 5.97 Å². The van der Waals surface area contributed by atoms with Gasteiger partial charge in [0.1, 0.15) is 36.6 Å². The van der Waals surface area contributed by atoms with Gasteiger partial charge < -0.3 is 59.8 Å². The van der Waals surface area contributed by atoms with Crippen LogP contribution in [0.1, 0.15) is 71.6 Å². The number of rotatable bonds is 6. The van der Waals surface area contributed by atoms with Crippen molar-refractivity contribution >= 4 is 5.97 Å². The molecule has 16 unspecified atom stereocenters. The van der Waals surface area contributed by atoms with E-state index in [1.165, 1.54) is 0 Å². The normalized spacial score (nSPS) is 55.6. The van der Waals surface area contributed by atoms with Crippen LogP contribution in [0.25, 0.3) is 0 Å². The predicted molar refractivity (Wildman–Crippen MR) is 149 cm³/mol. The van der Waals surface area contributed by atoms with Crippen LogP contribution in [-0.4, -0.2) is 128 Å². The molecule has 0 aromatic rings. The summed E-state index contributed by atoms with van der Waals surface area (Å²) in [5.74, 6) is -0.238. The Balaban J connectivity index is 1.23. The van der Waals surface area contributed by atoms with Crippen LogP contribution in [0, 0.1) is 34.0 Å². The first-order valence-corrected chi connectivity index (χ1v) is 16.2. The van der Waals surface area contributed by atoms with Crippen molar-refractivity contribution in [2.24, 2.45) is 34.0 Å². The third-order valence-electron chi connectivity index (χ3n) is 12.9. The molecule has 0 amide bonds. The van der Waals surface area contributed by atoms with E-state index >= 15 is 0 Å². The van der Waals surface area contributed by atoms with Crippen molar-refractivity contribution in [1.82, 2.24) is 0 Å². The summed E-state index contributed by atoms with van der Waals surface area (Å²) in [6, 6.07) is 0. The molecule has 2 aliphatic heterocycles. The third kappa shape index (κ3) is 4.97. The SMILES string of the molecule is CC1(C(=O)OC2OC(CO)C(O)C(O)C2OC2OCC(O)C(O)C2O)CCCC2(C)C3CCC4CC3(CCC12)CC4(O)CO. The first-order chi connectivity index (χ1) is 20.7. The second-order valence-corrected chi connectivity index (χ2v) is 15.2. The first-order valence-electron chi connectivity index (χ1n) is 16.2. The van der Waals surface area contributed by atoms with Gasteiger partial charge in [-0.2, -0.15) is 0 Å². The molecule has 13 heteroatoms. The van der Waals surface area contributed by atoms with E-state index in [-0.39, 0.29) is 41.8 Å². The van der Waals surface area contributed by atoms with Gasteiger partial charge in [0.05, 0.1) is 30.8 Å². The molecular weight excluding hydrogens is 580 g/mol. The third-order valence-corrected chi connectivity index (χ3v) is 12.9. The summed E-state index contributed by atoms with van der Waals surface area (Å²) in [6.07, 6.45) is -6.80. The molecule has 4 saturated carbocycles. The summed E-state index contributed by atoms with van der Waals surface area (Å²) < 4.78 is 22.8. The number of hydrogen-bond donors (Lipinski definition) is 8.